The molecule has 0 aliphatic rings. The number of nitrogens with zero attached hydrogens (tertiary/aromatic N) is 4. The number of ether oxygens (including phenoxy) is 1. The first-order valence-corrected chi connectivity index (χ1v) is 10.3. The number of rotatable bonds is 5. The number of amides is 1. The Balaban J connectivity index is 1.63. The second-order valence-corrected chi connectivity index (χ2v) is 8.27. The third kappa shape index (κ3) is 3.50. The molecule has 1 amide bonds. The number of benzene rings is 1. The molecule has 3 heterocycles. The fraction of sp³-hybridized carbons (Fsp3) is 0.227. The second kappa shape index (κ2) is 7.79. The van der Waals surface area contributed by atoms with Crippen molar-refractivity contribution in [2.24, 2.45) is 7.05 Å². The van der Waals surface area contributed by atoms with E-state index >= 15 is 0 Å². The SMILES string of the molecule is COc1ccc(-c2nc(NC(=O)c3cnn(C)c3-n3c(C)ccc3C)sc2C)cc1. The zero-order chi connectivity index (χ0) is 21.4. The van der Waals surface area contributed by atoms with Crippen LogP contribution in [0.3, 0.4) is 0 Å². The van der Waals surface area contributed by atoms with Crippen LogP contribution in [0.2, 0.25) is 0 Å². The number of carbonyl (C=O) groups excluding carboxylic acids is 1. The van der Waals surface area contributed by atoms with Crippen LogP contribution < -0.4 is 10.1 Å². The summed E-state index contributed by atoms with van der Waals surface area (Å²) in [5.74, 6) is 1.29. The Kier molecular flexibility index (Phi) is 5.17. The highest BCUT2D eigenvalue weighted by molar-refractivity contribution is 7.16. The third-order valence-corrected chi connectivity index (χ3v) is 5.90. The van der Waals surface area contributed by atoms with Crippen LogP contribution in [0.4, 0.5) is 5.13 Å². The standard InChI is InChI=1S/C22H23N5O2S/c1-13-6-7-14(2)27(13)21-18(12-23-26(21)4)20(28)25-22-24-19(15(3)30-22)16-8-10-17(29-5)11-9-16/h6-12H,1-5H3,(H,24,25,28). The van der Waals surface area contributed by atoms with Crippen LogP contribution in [-0.2, 0) is 7.05 Å². The zero-order valence-electron chi connectivity index (χ0n) is 17.6. The predicted molar refractivity (Wildman–Crippen MR) is 119 cm³/mol. The average Bonchev–Trinajstić information content (AvgIpc) is 3.39. The quantitative estimate of drug-likeness (QED) is 0.514. The van der Waals surface area contributed by atoms with E-state index in [1.807, 2.05) is 68.8 Å². The van der Waals surface area contributed by atoms with Crippen molar-refractivity contribution in [3.8, 4) is 22.8 Å². The molecule has 0 radical (unpaired) electrons. The largest absolute Gasteiger partial charge is 0.497 e. The van der Waals surface area contributed by atoms with E-state index in [0.29, 0.717) is 10.7 Å². The van der Waals surface area contributed by atoms with Crippen molar-refractivity contribution in [2.75, 3.05) is 12.4 Å². The van der Waals surface area contributed by atoms with Crippen molar-refractivity contribution in [1.82, 2.24) is 19.3 Å². The van der Waals surface area contributed by atoms with Crippen molar-refractivity contribution in [3.63, 3.8) is 0 Å². The summed E-state index contributed by atoms with van der Waals surface area (Å²) in [6.45, 7) is 6.01. The Hall–Kier alpha value is -3.39. The van der Waals surface area contributed by atoms with E-state index in [1.165, 1.54) is 11.3 Å². The first-order chi connectivity index (χ1) is 14.4. The van der Waals surface area contributed by atoms with Gasteiger partial charge in [-0.2, -0.15) is 5.10 Å². The van der Waals surface area contributed by atoms with E-state index in [2.05, 4.69) is 15.4 Å². The van der Waals surface area contributed by atoms with Gasteiger partial charge in [0, 0.05) is 28.9 Å². The molecule has 1 N–H and O–H groups in total. The van der Waals surface area contributed by atoms with Crippen LogP contribution in [0.15, 0.2) is 42.6 Å². The molecule has 0 aliphatic carbocycles. The van der Waals surface area contributed by atoms with Gasteiger partial charge in [-0.25, -0.2) is 4.98 Å². The van der Waals surface area contributed by atoms with Gasteiger partial charge >= 0.3 is 0 Å². The molecule has 30 heavy (non-hydrogen) atoms. The molecule has 0 bridgehead atoms. The molecule has 154 valence electrons. The van der Waals surface area contributed by atoms with Crippen molar-refractivity contribution >= 4 is 22.4 Å². The van der Waals surface area contributed by atoms with Crippen LogP contribution in [0.1, 0.15) is 26.6 Å². The fourth-order valence-corrected chi connectivity index (χ4v) is 4.32. The number of hydrogen-bond acceptors (Lipinski definition) is 5. The number of thiazole rings is 1. The number of nitrogens with one attached hydrogen (secondary N) is 1. The number of methoxy groups -OCH3 is 1. The molecule has 3 aromatic heterocycles. The number of hydrogen-bond donors (Lipinski definition) is 1. The van der Waals surface area contributed by atoms with Gasteiger partial charge in [0.05, 0.1) is 19.0 Å². The number of carbonyl (C=O) groups is 1. The van der Waals surface area contributed by atoms with Gasteiger partial charge in [-0.05, 0) is 57.2 Å². The Bertz CT molecular complexity index is 1200. The van der Waals surface area contributed by atoms with E-state index < -0.39 is 0 Å². The first-order valence-electron chi connectivity index (χ1n) is 9.49. The summed E-state index contributed by atoms with van der Waals surface area (Å²) in [6.07, 6.45) is 1.59. The molecule has 8 heteroatoms. The van der Waals surface area contributed by atoms with Crippen molar-refractivity contribution < 1.29 is 9.53 Å². The van der Waals surface area contributed by atoms with Gasteiger partial charge < -0.3 is 9.30 Å². The lowest BCUT2D eigenvalue weighted by molar-refractivity contribution is 0.102. The van der Waals surface area contributed by atoms with E-state index in [4.69, 9.17) is 4.74 Å². The summed E-state index contributed by atoms with van der Waals surface area (Å²) in [7, 11) is 3.47. The highest BCUT2D eigenvalue weighted by atomic mass is 32.1. The van der Waals surface area contributed by atoms with Gasteiger partial charge in [0.25, 0.3) is 5.91 Å². The summed E-state index contributed by atoms with van der Waals surface area (Å²) >= 11 is 1.45. The summed E-state index contributed by atoms with van der Waals surface area (Å²) in [6, 6.07) is 11.8. The van der Waals surface area contributed by atoms with Crippen molar-refractivity contribution in [2.45, 2.75) is 20.8 Å². The number of aromatic nitrogens is 4. The minimum absolute atomic E-state index is 0.236. The molecule has 4 aromatic rings. The van der Waals surface area contributed by atoms with Crippen LogP contribution >= 0.6 is 11.3 Å². The summed E-state index contributed by atoms with van der Waals surface area (Å²) in [4.78, 5) is 18.8. The van der Waals surface area contributed by atoms with Crippen LogP contribution in [0.5, 0.6) is 5.75 Å². The average molecular weight is 422 g/mol. The molecule has 0 atom stereocenters. The van der Waals surface area contributed by atoms with Gasteiger partial charge in [0.2, 0.25) is 0 Å². The molecular weight excluding hydrogens is 398 g/mol. The molecule has 0 saturated carbocycles. The highest BCUT2D eigenvalue weighted by Crippen LogP contribution is 2.32. The van der Waals surface area contributed by atoms with Crippen molar-refractivity contribution in [3.05, 3.63) is 64.4 Å². The van der Waals surface area contributed by atoms with Crippen LogP contribution in [0.25, 0.3) is 17.1 Å². The zero-order valence-corrected chi connectivity index (χ0v) is 18.4. The second-order valence-electron chi connectivity index (χ2n) is 7.06. The minimum Gasteiger partial charge on any atom is -0.497 e. The number of anilines is 1. The minimum atomic E-state index is -0.236. The van der Waals surface area contributed by atoms with Gasteiger partial charge in [0.15, 0.2) is 5.13 Å². The van der Waals surface area contributed by atoms with Gasteiger partial charge in [0.1, 0.15) is 17.1 Å². The lowest BCUT2D eigenvalue weighted by Gasteiger charge is -2.12. The number of aryl methyl sites for hydroxylation is 4. The molecule has 0 fully saturated rings. The Morgan fingerprint density at radius 3 is 2.37 bits per heavy atom. The normalized spacial score (nSPS) is 11.0. The van der Waals surface area contributed by atoms with E-state index in [-0.39, 0.29) is 5.91 Å². The summed E-state index contributed by atoms with van der Waals surface area (Å²) in [5, 5.41) is 7.81. The van der Waals surface area contributed by atoms with E-state index in [1.54, 1.807) is 18.0 Å². The van der Waals surface area contributed by atoms with E-state index in [9.17, 15) is 4.79 Å². The van der Waals surface area contributed by atoms with Gasteiger partial charge in [-0.3, -0.25) is 14.8 Å². The Morgan fingerprint density at radius 2 is 1.73 bits per heavy atom. The predicted octanol–water partition coefficient (Wildman–Crippen LogP) is 4.52. The van der Waals surface area contributed by atoms with Gasteiger partial charge in [-0.15, -0.1) is 11.3 Å². The molecule has 0 spiro atoms. The monoisotopic (exact) mass is 421 g/mol. The molecule has 0 saturated heterocycles. The molecule has 0 unspecified atom stereocenters. The van der Waals surface area contributed by atoms with Crippen molar-refractivity contribution in [1.29, 1.82) is 0 Å². The van der Waals surface area contributed by atoms with Crippen LogP contribution in [-0.4, -0.2) is 32.3 Å². The lowest BCUT2D eigenvalue weighted by atomic mass is 10.1. The van der Waals surface area contributed by atoms with E-state index in [0.717, 1.165) is 39.1 Å². The Morgan fingerprint density at radius 1 is 1.07 bits per heavy atom. The topological polar surface area (TPSA) is 74.0 Å². The smallest absolute Gasteiger partial charge is 0.262 e. The maximum absolute atomic E-state index is 13.1. The van der Waals surface area contributed by atoms with Gasteiger partial charge in [-0.1, -0.05) is 0 Å². The molecule has 7 nitrogen and oxygen atoms in total. The maximum Gasteiger partial charge on any atom is 0.262 e. The summed E-state index contributed by atoms with van der Waals surface area (Å²) < 4.78 is 8.96. The molecular formula is C22H23N5O2S. The lowest BCUT2D eigenvalue weighted by Crippen LogP contribution is -2.16. The fourth-order valence-electron chi connectivity index (χ4n) is 3.49. The molecule has 1 aromatic carbocycles. The first kappa shape index (κ1) is 19.9. The highest BCUT2D eigenvalue weighted by Gasteiger charge is 2.21. The third-order valence-electron chi connectivity index (χ3n) is 5.02. The van der Waals surface area contributed by atoms with Crippen LogP contribution in [0, 0.1) is 20.8 Å². The summed E-state index contributed by atoms with van der Waals surface area (Å²) in [5.41, 5.74) is 4.40. The molecule has 0 aliphatic heterocycles. The Labute approximate surface area is 179 Å². The maximum atomic E-state index is 13.1. The molecule has 4 rings (SSSR count).